The molecule has 1 aromatic rings. The topological polar surface area (TPSA) is 23.5 Å². The summed E-state index contributed by atoms with van der Waals surface area (Å²) in [5.74, 6) is -2.13. The van der Waals surface area contributed by atoms with Gasteiger partial charge >= 0.3 is 6.18 Å². The maximum atomic E-state index is 13.8. The first kappa shape index (κ1) is 15.1. The van der Waals surface area contributed by atoms with Crippen molar-refractivity contribution in [3.05, 3.63) is 29.6 Å². The molecule has 1 heterocycles. The van der Waals surface area contributed by atoms with E-state index in [0.29, 0.717) is 18.5 Å². The molecule has 1 N–H and O–H groups in total. The highest BCUT2D eigenvalue weighted by molar-refractivity contribution is 5.29. The number of hydrogen-bond donors (Lipinski definition) is 1. The lowest BCUT2D eigenvalue weighted by molar-refractivity contribution is -0.188. The van der Waals surface area contributed by atoms with Crippen LogP contribution in [0.2, 0.25) is 0 Å². The summed E-state index contributed by atoms with van der Waals surface area (Å²) >= 11 is 0. The molecule has 0 radical (unpaired) electrons. The Labute approximate surface area is 115 Å². The smallest absolute Gasteiger partial charge is 0.393 e. The summed E-state index contributed by atoms with van der Waals surface area (Å²) in [7, 11) is 0. The molecule has 2 rings (SSSR count). The lowest BCUT2D eigenvalue weighted by Gasteiger charge is -2.37. The molecule has 6 heteroatoms. The summed E-state index contributed by atoms with van der Waals surface area (Å²) in [6.07, 6.45) is -3.62. The molecular formula is C14H17F4NO. The quantitative estimate of drug-likeness (QED) is 0.836. The fourth-order valence-electron chi connectivity index (χ4n) is 2.68. The number of piperidine rings is 1. The number of phenolic OH excluding ortho intramolecular Hbond substituents is 1. The van der Waals surface area contributed by atoms with E-state index in [0.717, 1.165) is 6.07 Å². The van der Waals surface area contributed by atoms with Crippen molar-refractivity contribution in [2.75, 3.05) is 13.1 Å². The minimum Gasteiger partial charge on any atom is -0.508 e. The zero-order chi connectivity index (χ0) is 14.9. The molecule has 0 aromatic heterocycles. The number of alkyl halides is 3. The molecule has 1 aliphatic heterocycles. The molecule has 0 amide bonds. The van der Waals surface area contributed by atoms with Gasteiger partial charge in [0.05, 0.1) is 5.92 Å². The fourth-order valence-corrected chi connectivity index (χ4v) is 2.68. The average molecular weight is 291 g/mol. The summed E-state index contributed by atoms with van der Waals surface area (Å²) < 4.78 is 52.1. The first-order valence-corrected chi connectivity index (χ1v) is 6.58. The molecule has 20 heavy (non-hydrogen) atoms. The third-order valence-corrected chi connectivity index (χ3v) is 3.90. The van der Waals surface area contributed by atoms with Gasteiger partial charge < -0.3 is 5.11 Å². The molecular weight excluding hydrogens is 274 g/mol. The number of benzene rings is 1. The normalized spacial score (nSPS) is 22.8. The molecule has 1 aliphatic rings. The summed E-state index contributed by atoms with van der Waals surface area (Å²) in [4.78, 5) is 1.65. The predicted octanol–water partition coefficient (Wildman–Crippen LogP) is 3.87. The van der Waals surface area contributed by atoms with Crippen LogP contribution in [0.1, 0.15) is 31.4 Å². The molecule has 0 saturated carbocycles. The van der Waals surface area contributed by atoms with Crippen molar-refractivity contribution < 1.29 is 22.7 Å². The van der Waals surface area contributed by atoms with Gasteiger partial charge in [-0.25, -0.2) is 4.39 Å². The lowest BCUT2D eigenvalue weighted by atomic mass is 9.94. The van der Waals surface area contributed by atoms with E-state index < -0.39 is 24.0 Å². The van der Waals surface area contributed by atoms with Gasteiger partial charge in [-0.3, -0.25) is 4.90 Å². The van der Waals surface area contributed by atoms with Crippen molar-refractivity contribution >= 4 is 0 Å². The van der Waals surface area contributed by atoms with E-state index in [-0.39, 0.29) is 18.7 Å². The highest BCUT2D eigenvalue weighted by Gasteiger charge is 2.42. The Morgan fingerprint density at radius 3 is 2.65 bits per heavy atom. The summed E-state index contributed by atoms with van der Waals surface area (Å²) in [6.45, 7) is 2.10. The Kier molecular flexibility index (Phi) is 4.22. The Morgan fingerprint density at radius 1 is 1.35 bits per heavy atom. The zero-order valence-corrected chi connectivity index (χ0v) is 11.1. The minimum absolute atomic E-state index is 0.106. The highest BCUT2D eigenvalue weighted by atomic mass is 19.4. The fraction of sp³-hybridized carbons (Fsp3) is 0.571. The van der Waals surface area contributed by atoms with Crippen LogP contribution in [-0.4, -0.2) is 29.3 Å². The van der Waals surface area contributed by atoms with Crippen LogP contribution < -0.4 is 0 Å². The van der Waals surface area contributed by atoms with Crippen molar-refractivity contribution in [3.63, 3.8) is 0 Å². The summed E-state index contributed by atoms with van der Waals surface area (Å²) in [5, 5.41) is 9.18. The number of rotatable bonds is 2. The van der Waals surface area contributed by atoms with Crippen molar-refractivity contribution in [3.8, 4) is 5.75 Å². The van der Waals surface area contributed by atoms with Crippen LogP contribution in [0.25, 0.3) is 0 Å². The second-order valence-corrected chi connectivity index (χ2v) is 5.26. The Morgan fingerprint density at radius 2 is 2.05 bits per heavy atom. The molecule has 2 atom stereocenters. The second kappa shape index (κ2) is 5.60. The number of hydrogen-bond acceptors (Lipinski definition) is 2. The van der Waals surface area contributed by atoms with Gasteiger partial charge in [0.25, 0.3) is 0 Å². The minimum atomic E-state index is -4.20. The van der Waals surface area contributed by atoms with E-state index in [1.165, 1.54) is 12.1 Å². The third-order valence-electron chi connectivity index (χ3n) is 3.90. The van der Waals surface area contributed by atoms with E-state index >= 15 is 0 Å². The van der Waals surface area contributed by atoms with E-state index in [1.54, 1.807) is 11.8 Å². The largest absolute Gasteiger partial charge is 0.508 e. The Balaban J connectivity index is 2.14. The van der Waals surface area contributed by atoms with Gasteiger partial charge in [-0.05, 0) is 32.4 Å². The summed E-state index contributed by atoms with van der Waals surface area (Å²) in [5.41, 5.74) is 0.311. The maximum absolute atomic E-state index is 13.8. The number of aromatic hydroxyl groups is 1. The Bertz CT molecular complexity index is 475. The molecule has 2 unspecified atom stereocenters. The van der Waals surface area contributed by atoms with Gasteiger partial charge in [0, 0.05) is 24.2 Å². The van der Waals surface area contributed by atoms with Crippen LogP contribution in [0.4, 0.5) is 17.6 Å². The van der Waals surface area contributed by atoms with Crippen LogP contribution >= 0.6 is 0 Å². The monoisotopic (exact) mass is 291 g/mol. The number of nitrogens with zero attached hydrogens (tertiary/aromatic N) is 1. The zero-order valence-electron chi connectivity index (χ0n) is 11.1. The van der Waals surface area contributed by atoms with Crippen LogP contribution in [0.5, 0.6) is 5.75 Å². The van der Waals surface area contributed by atoms with Gasteiger partial charge in [-0.1, -0.05) is 6.07 Å². The standard InChI is InChI=1S/C14H17F4NO/c1-9(12-5-4-11(20)7-13(12)15)19-6-2-3-10(8-19)14(16,17)18/h4-5,7,9-10,20H,2-3,6,8H2,1H3. The van der Waals surface area contributed by atoms with Gasteiger partial charge in [0.1, 0.15) is 11.6 Å². The highest BCUT2D eigenvalue weighted by Crippen LogP contribution is 2.36. The molecule has 0 bridgehead atoms. The van der Waals surface area contributed by atoms with E-state index in [9.17, 15) is 22.7 Å². The van der Waals surface area contributed by atoms with Crippen LogP contribution in [0, 0.1) is 11.7 Å². The molecule has 1 saturated heterocycles. The lowest BCUT2D eigenvalue weighted by Crippen LogP contribution is -2.42. The molecule has 112 valence electrons. The molecule has 1 aromatic carbocycles. The van der Waals surface area contributed by atoms with Crippen LogP contribution in [0.3, 0.4) is 0 Å². The molecule has 1 fully saturated rings. The van der Waals surface area contributed by atoms with Crippen LogP contribution in [0.15, 0.2) is 18.2 Å². The van der Waals surface area contributed by atoms with E-state index in [2.05, 4.69) is 0 Å². The second-order valence-electron chi connectivity index (χ2n) is 5.26. The predicted molar refractivity (Wildman–Crippen MR) is 66.8 cm³/mol. The van der Waals surface area contributed by atoms with Gasteiger partial charge in [-0.2, -0.15) is 13.2 Å². The number of likely N-dealkylation sites (tertiary alicyclic amines) is 1. The van der Waals surface area contributed by atoms with Crippen molar-refractivity contribution in [2.45, 2.75) is 32.0 Å². The molecule has 2 nitrogen and oxygen atoms in total. The van der Waals surface area contributed by atoms with Crippen molar-refractivity contribution in [1.82, 2.24) is 4.90 Å². The van der Waals surface area contributed by atoms with E-state index in [1.807, 2.05) is 0 Å². The first-order valence-electron chi connectivity index (χ1n) is 6.58. The van der Waals surface area contributed by atoms with Crippen molar-refractivity contribution in [1.29, 1.82) is 0 Å². The Hall–Kier alpha value is -1.30. The van der Waals surface area contributed by atoms with Gasteiger partial charge in [0.2, 0.25) is 0 Å². The van der Waals surface area contributed by atoms with Gasteiger partial charge in [0.15, 0.2) is 0 Å². The number of halogens is 4. The maximum Gasteiger partial charge on any atom is 0.393 e. The van der Waals surface area contributed by atoms with Crippen molar-refractivity contribution in [2.24, 2.45) is 5.92 Å². The van der Waals surface area contributed by atoms with Gasteiger partial charge in [-0.15, -0.1) is 0 Å². The molecule has 0 spiro atoms. The summed E-state index contributed by atoms with van der Waals surface area (Å²) in [6, 6.07) is 3.31. The molecule has 0 aliphatic carbocycles. The van der Waals surface area contributed by atoms with Crippen LogP contribution in [-0.2, 0) is 0 Å². The SMILES string of the molecule is CC(c1ccc(O)cc1F)N1CCCC(C(F)(F)F)C1. The number of phenols is 1. The third kappa shape index (κ3) is 3.23. The van der Waals surface area contributed by atoms with E-state index in [4.69, 9.17) is 0 Å². The first-order chi connectivity index (χ1) is 9.29. The average Bonchev–Trinajstić information content (AvgIpc) is 2.37.